The fraction of sp³-hybridized carbons (Fsp3) is 0.100. The largest absolute Gasteiger partial charge is 0.506 e. The number of phenolic OH excluding ortho intramolecular Hbond substituents is 1. The van der Waals surface area contributed by atoms with Crippen molar-refractivity contribution in [3.8, 4) is 17.0 Å². The summed E-state index contributed by atoms with van der Waals surface area (Å²) in [5, 5.41) is 18.3. The molecular formula is C10H7Br2N3OS. The third-order valence-corrected chi connectivity index (χ3v) is 3.80. The summed E-state index contributed by atoms with van der Waals surface area (Å²) in [5.74, 6) is 0.162. The number of phenols is 1. The predicted octanol–water partition coefficient (Wildman–Crippen LogP) is 3.49. The van der Waals surface area contributed by atoms with Gasteiger partial charge in [-0.05, 0) is 50.2 Å². The number of thioether (sulfide) groups is 1. The first-order chi connectivity index (χ1) is 8.11. The van der Waals surface area contributed by atoms with Gasteiger partial charge in [0.05, 0.1) is 15.1 Å². The van der Waals surface area contributed by atoms with Crippen molar-refractivity contribution in [1.29, 1.82) is 0 Å². The molecule has 0 aliphatic heterocycles. The summed E-state index contributed by atoms with van der Waals surface area (Å²) in [6.07, 6.45) is 3.55. The summed E-state index contributed by atoms with van der Waals surface area (Å²) in [7, 11) is 0. The Morgan fingerprint density at radius 3 is 2.29 bits per heavy atom. The summed E-state index contributed by atoms with van der Waals surface area (Å²) in [6, 6.07) is 3.54. The van der Waals surface area contributed by atoms with Crippen LogP contribution >= 0.6 is 43.6 Å². The van der Waals surface area contributed by atoms with Gasteiger partial charge >= 0.3 is 0 Å². The molecule has 0 aliphatic carbocycles. The molecule has 0 saturated heterocycles. The van der Waals surface area contributed by atoms with Crippen LogP contribution in [0.3, 0.4) is 0 Å². The molecule has 0 fully saturated rings. The third kappa shape index (κ3) is 2.78. The fourth-order valence-electron chi connectivity index (χ4n) is 1.20. The van der Waals surface area contributed by atoms with E-state index in [1.54, 1.807) is 18.3 Å². The van der Waals surface area contributed by atoms with E-state index in [2.05, 4.69) is 47.0 Å². The van der Waals surface area contributed by atoms with Crippen LogP contribution < -0.4 is 0 Å². The lowest BCUT2D eigenvalue weighted by Crippen LogP contribution is -1.92. The first-order valence-electron chi connectivity index (χ1n) is 4.54. The minimum atomic E-state index is 0.162. The van der Waals surface area contributed by atoms with E-state index in [0.29, 0.717) is 19.8 Å². The highest BCUT2D eigenvalue weighted by molar-refractivity contribution is 9.11. The van der Waals surface area contributed by atoms with Crippen molar-refractivity contribution in [1.82, 2.24) is 15.2 Å². The fourth-order valence-corrected chi connectivity index (χ4v) is 2.67. The Morgan fingerprint density at radius 1 is 1.18 bits per heavy atom. The summed E-state index contributed by atoms with van der Waals surface area (Å²) < 4.78 is 1.19. The zero-order valence-electron chi connectivity index (χ0n) is 8.69. The zero-order chi connectivity index (χ0) is 12.4. The molecule has 1 N–H and O–H groups in total. The highest BCUT2D eigenvalue weighted by atomic mass is 79.9. The Bertz CT molecular complexity index is 525. The van der Waals surface area contributed by atoms with E-state index in [4.69, 9.17) is 0 Å². The molecule has 4 nitrogen and oxygen atoms in total. The lowest BCUT2D eigenvalue weighted by Gasteiger charge is -2.05. The molecular weight excluding hydrogens is 370 g/mol. The van der Waals surface area contributed by atoms with Crippen LogP contribution in [0.2, 0.25) is 0 Å². The predicted molar refractivity (Wildman–Crippen MR) is 74.1 cm³/mol. The molecule has 0 aliphatic rings. The SMILES string of the molecule is CSc1ncc(-c2cc(Br)c(O)c(Br)c2)nn1. The smallest absolute Gasteiger partial charge is 0.208 e. The van der Waals surface area contributed by atoms with Gasteiger partial charge in [0, 0.05) is 5.56 Å². The van der Waals surface area contributed by atoms with Crippen molar-refractivity contribution in [2.75, 3.05) is 6.26 Å². The van der Waals surface area contributed by atoms with E-state index in [9.17, 15) is 5.11 Å². The molecule has 2 rings (SSSR count). The molecule has 88 valence electrons. The molecule has 2 aromatic rings. The van der Waals surface area contributed by atoms with Crippen molar-refractivity contribution in [3.63, 3.8) is 0 Å². The maximum atomic E-state index is 9.61. The summed E-state index contributed by atoms with van der Waals surface area (Å²) in [4.78, 5) is 4.15. The number of halogens is 2. The lowest BCUT2D eigenvalue weighted by atomic mass is 10.1. The Labute approximate surface area is 119 Å². The maximum absolute atomic E-state index is 9.61. The normalized spacial score (nSPS) is 10.5. The van der Waals surface area contributed by atoms with Crippen molar-refractivity contribution in [3.05, 3.63) is 27.3 Å². The lowest BCUT2D eigenvalue weighted by molar-refractivity contribution is 0.468. The van der Waals surface area contributed by atoms with E-state index >= 15 is 0 Å². The zero-order valence-corrected chi connectivity index (χ0v) is 12.7. The highest BCUT2D eigenvalue weighted by Gasteiger charge is 2.09. The van der Waals surface area contributed by atoms with E-state index in [1.807, 2.05) is 6.26 Å². The summed E-state index contributed by atoms with van der Waals surface area (Å²) in [5.41, 5.74) is 1.48. The van der Waals surface area contributed by atoms with Crippen LogP contribution in [0.15, 0.2) is 32.4 Å². The number of aromatic hydroxyl groups is 1. The van der Waals surface area contributed by atoms with Crippen LogP contribution in [0.25, 0.3) is 11.3 Å². The van der Waals surface area contributed by atoms with Gasteiger partial charge in [0.25, 0.3) is 0 Å². The van der Waals surface area contributed by atoms with Crippen molar-refractivity contribution >= 4 is 43.6 Å². The van der Waals surface area contributed by atoms with E-state index in [0.717, 1.165) is 5.56 Å². The van der Waals surface area contributed by atoms with Crippen LogP contribution in [-0.4, -0.2) is 26.5 Å². The molecule has 7 heteroatoms. The molecule has 1 aromatic heterocycles. The van der Waals surface area contributed by atoms with Gasteiger partial charge in [0.15, 0.2) is 0 Å². The molecule has 0 unspecified atom stereocenters. The number of aromatic nitrogens is 3. The van der Waals surface area contributed by atoms with Gasteiger partial charge in [-0.1, -0.05) is 11.8 Å². The Kier molecular flexibility index (Phi) is 4.01. The van der Waals surface area contributed by atoms with Crippen LogP contribution in [0.4, 0.5) is 0 Å². The van der Waals surface area contributed by atoms with Crippen molar-refractivity contribution in [2.24, 2.45) is 0 Å². The van der Waals surface area contributed by atoms with Crippen LogP contribution in [-0.2, 0) is 0 Å². The van der Waals surface area contributed by atoms with E-state index < -0.39 is 0 Å². The highest BCUT2D eigenvalue weighted by Crippen LogP contribution is 2.36. The van der Waals surface area contributed by atoms with Gasteiger partial charge in [-0.2, -0.15) is 0 Å². The minimum Gasteiger partial charge on any atom is -0.506 e. The molecule has 17 heavy (non-hydrogen) atoms. The molecule has 0 bridgehead atoms. The number of nitrogens with zero attached hydrogens (tertiary/aromatic N) is 3. The van der Waals surface area contributed by atoms with E-state index in [-0.39, 0.29) is 5.75 Å². The molecule has 1 aromatic carbocycles. The van der Waals surface area contributed by atoms with Gasteiger partial charge in [-0.3, -0.25) is 0 Å². The summed E-state index contributed by atoms with van der Waals surface area (Å²) in [6.45, 7) is 0. The monoisotopic (exact) mass is 375 g/mol. The first-order valence-corrected chi connectivity index (χ1v) is 7.35. The second kappa shape index (κ2) is 5.32. The Hall–Kier alpha value is -0.660. The topological polar surface area (TPSA) is 58.9 Å². The second-order valence-corrected chi connectivity index (χ2v) is 5.60. The Balaban J connectivity index is 2.45. The van der Waals surface area contributed by atoms with Crippen molar-refractivity contribution in [2.45, 2.75) is 5.16 Å². The molecule has 1 heterocycles. The molecule has 0 atom stereocenters. The average Bonchev–Trinajstić information content (AvgIpc) is 2.35. The van der Waals surface area contributed by atoms with Gasteiger partial charge in [-0.15, -0.1) is 10.2 Å². The number of hydrogen-bond acceptors (Lipinski definition) is 5. The molecule has 0 radical (unpaired) electrons. The summed E-state index contributed by atoms with van der Waals surface area (Å²) >= 11 is 7.98. The van der Waals surface area contributed by atoms with Gasteiger partial charge in [0.2, 0.25) is 5.16 Å². The van der Waals surface area contributed by atoms with Crippen LogP contribution in [0.1, 0.15) is 0 Å². The molecule has 0 spiro atoms. The van der Waals surface area contributed by atoms with E-state index in [1.165, 1.54) is 11.8 Å². The Morgan fingerprint density at radius 2 is 1.82 bits per heavy atom. The number of rotatable bonds is 2. The average molecular weight is 377 g/mol. The van der Waals surface area contributed by atoms with Gasteiger partial charge in [-0.25, -0.2) is 4.98 Å². The molecule has 0 saturated carbocycles. The molecule has 0 amide bonds. The van der Waals surface area contributed by atoms with Gasteiger partial charge in [0.1, 0.15) is 11.4 Å². The quantitative estimate of drug-likeness (QED) is 0.813. The number of hydrogen-bond donors (Lipinski definition) is 1. The standard InChI is InChI=1S/C10H7Br2N3OS/c1-17-10-13-4-8(14-15-10)5-2-6(11)9(16)7(12)3-5/h2-4,16H,1H3. The van der Waals surface area contributed by atoms with Crippen molar-refractivity contribution < 1.29 is 5.11 Å². The first kappa shape index (κ1) is 12.8. The second-order valence-electron chi connectivity index (χ2n) is 3.12. The van der Waals surface area contributed by atoms with Crippen LogP contribution in [0, 0.1) is 0 Å². The van der Waals surface area contributed by atoms with Gasteiger partial charge < -0.3 is 5.11 Å². The van der Waals surface area contributed by atoms with Crippen LogP contribution in [0.5, 0.6) is 5.75 Å². The minimum absolute atomic E-state index is 0.162. The number of benzene rings is 1. The maximum Gasteiger partial charge on any atom is 0.208 e. The third-order valence-electron chi connectivity index (χ3n) is 2.04.